The zero-order chi connectivity index (χ0) is 26.8. The molecule has 0 saturated carbocycles. The number of likely N-dealkylation sites (tertiary alicyclic amines) is 1. The number of carbonyl (C=O) groups excluding carboxylic acids is 1. The van der Waals surface area contributed by atoms with Gasteiger partial charge in [0.15, 0.2) is 5.65 Å². The van der Waals surface area contributed by atoms with Crippen molar-refractivity contribution < 1.29 is 4.79 Å². The van der Waals surface area contributed by atoms with Gasteiger partial charge in [-0.1, -0.05) is 90.5 Å². The van der Waals surface area contributed by atoms with Gasteiger partial charge >= 0.3 is 0 Å². The molecule has 8 heteroatoms. The van der Waals surface area contributed by atoms with Crippen molar-refractivity contribution >= 4 is 44.9 Å². The topological polar surface area (TPSA) is 62.5 Å². The summed E-state index contributed by atoms with van der Waals surface area (Å²) in [4.78, 5) is 20.7. The number of rotatable bonds is 6. The maximum Gasteiger partial charge on any atom is 0.234 e. The van der Waals surface area contributed by atoms with E-state index < -0.39 is 0 Å². The molecule has 39 heavy (non-hydrogen) atoms. The minimum atomic E-state index is -0.309. The zero-order valence-corrected chi connectivity index (χ0v) is 23.5. The van der Waals surface area contributed by atoms with Gasteiger partial charge in [-0.2, -0.15) is 9.61 Å². The van der Waals surface area contributed by atoms with E-state index in [0.717, 1.165) is 51.2 Å². The molecule has 3 heterocycles. The van der Waals surface area contributed by atoms with Crippen LogP contribution in [0.1, 0.15) is 29.9 Å². The van der Waals surface area contributed by atoms with Crippen molar-refractivity contribution in [2.75, 3.05) is 18.4 Å². The quantitative estimate of drug-likeness (QED) is 0.227. The molecular formula is C31H27BrClN5O. The highest BCUT2D eigenvalue weighted by atomic mass is 79.9. The molecule has 6 nitrogen and oxygen atoms in total. The fraction of sp³-hybridized carbons (Fsp3) is 0.194. The number of nitrogens with zero attached hydrogens (tertiary/aromatic N) is 4. The van der Waals surface area contributed by atoms with Crippen molar-refractivity contribution in [2.24, 2.45) is 0 Å². The van der Waals surface area contributed by atoms with Crippen LogP contribution < -0.4 is 5.32 Å². The van der Waals surface area contributed by atoms with E-state index in [-0.39, 0.29) is 17.9 Å². The second-order valence-corrected chi connectivity index (χ2v) is 11.0. The van der Waals surface area contributed by atoms with E-state index in [0.29, 0.717) is 18.1 Å². The molecule has 5 aromatic rings. The smallest absolute Gasteiger partial charge is 0.234 e. The number of halogens is 2. The van der Waals surface area contributed by atoms with Gasteiger partial charge in [0, 0.05) is 35.8 Å². The summed E-state index contributed by atoms with van der Waals surface area (Å²) >= 11 is 10.1. The third-order valence-corrected chi connectivity index (χ3v) is 8.14. The highest BCUT2D eigenvalue weighted by Crippen LogP contribution is 2.32. The fourth-order valence-electron chi connectivity index (χ4n) is 5.25. The van der Waals surface area contributed by atoms with Crippen molar-refractivity contribution in [1.29, 1.82) is 0 Å². The number of amides is 1. The highest BCUT2D eigenvalue weighted by Gasteiger charge is 2.30. The average molecular weight is 601 g/mol. The molecule has 0 aliphatic carbocycles. The van der Waals surface area contributed by atoms with E-state index in [2.05, 4.69) is 26.3 Å². The highest BCUT2D eigenvalue weighted by molar-refractivity contribution is 9.10. The number of carbonyl (C=O) groups is 1. The zero-order valence-electron chi connectivity index (χ0n) is 21.2. The number of fused-ring (bicyclic) bond motifs is 1. The number of hydrogen-bond acceptors (Lipinski definition) is 4. The monoisotopic (exact) mass is 599 g/mol. The van der Waals surface area contributed by atoms with E-state index in [1.54, 1.807) is 6.20 Å². The Kier molecular flexibility index (Phi) is 7.35. The Balaban J connectivity index is 1.21. The van der Waals surface area contributed by atoms with Gasteiger partial charge in [0.1, 0.15) is 5.82 Å². The number of benzene rings is 3. The van der Waals surface area contributed by atoms with E-state index in [1.807, 2.05) is 100 Å². The maximum absolute atomic E-state index is 13.8. The fourth-order valence-corrected chi connectivity index (χ4v) is 5.83. The van der Waals surface area contributed by atoms with Crippen LogP contribution in [0.2, 0.25) is 5.02 Å². The van der Waals surface area contributed by atoms with Gasteiger partial charge < -0.3 is 10.2 Å². The molecule has 0 unspecified atom stereocenters. The van der Waals surface area contributed by atoms with Crippen LogP contribution in [0.25, 0.3) is 16.9 Å². The van der Waals surface area contributed by atoms with Crippen molar-refractivity contribution in [2.45, 2.75) is 24.8 Å². The second kappa shape index (κ2) is 11.2. The first-order chi connectivity index (χ1) is 19.1. The lowest BCUT2D eigenvalue weighted by Crippen LogP contribution is -2.44. The average Bonchev–Trinajstić information content (AvgIpc) is 3.35. The van der Waals surface area contributed by atoms with Crippen molar-refractivity contribution in [1.82, 2.24) is 19.5 Å². The molecule has 1 N–H and O–H groups in total. The lowest BCUT2D eigenvalue weighted by Gasteiger charge is -2.35. The summed E-state index contributed by atoms with van der Waals surface area (Å²) < 4.78 is 2.62. The van der Waals surface area contributed by atoms with Crippen LogP contribution in [-0.4, -0.2) is 44.5 Å². The Morgan fingerprint density at radius 3 is 2.18 bits per heavy atom. The third kappa shape index (κ3) is 5.29. The van der Waals surface area contributed by atoms with Gasteiger partial charge in [0.25, 0.3) is 0 Å². The largest absolute Gasteiger partial charge is 0.367 e. The molecule has 1 saturated heterocycles. The van der Waals surface area contributed by atoms with Crippen LogP contribution in [0.3, 0.4) is 0 Å². The molecule has 0 atom stereocenters. The lowest BCUT2D eigenvalue weighted by atomic mass is 9.89. The summed E-state index contributed by atoms with van der Waals surface area (Å²) in [7, 11) is 0. The summed E-state index contributed by atoms with van der Waals surface area (Å²) in [6.07, 6.45) is 3.41. The number of aromatic nitrogens is 3. The van der Waals surface area contributed by atoms with Gasteiger partial charge in [0.2, 0.25) is 5.91 Å². The maximum atomic E-state index is 13.8. The summed E-state index contributed by atoms with van der Waals surface area (Å²) in [5.74, 6) is 0.683. The molecule has 1 fully saturated rings. The summed E-state index contributed by atoms with van der Waals surface area (Å²) in [5, 5.41) is 8.85. The van der Waals surface area contributed by atoms with Crippen LogP contribution in [0.5, 0.6) is 0 Å². The van der Waals surface area contributed by atoms with Crippen molar-refractivity contribution in [3.63, 3.8) is 0 Å². The number of nitrogens with one attached hydrogen (secondary N) is 1. The first-order valence-electron chi connectivity index (χ1n) is 13.0. The van der Waals surface area contributed by atoms with Crippen LogP contribution in [-0.2, 0) is 4.79 Å². The number of anilines is 1. The Labute approximate surface area is 240 Å². The second-order valence-electron chi connectivity index (χ2n) is 9.73. The van der Waals surface area contributed by atoms with E-state index in [4.69, 9.17) is 16.6 Å². The van der Waals surface area contributed by atoms with Gasteiger partial charge in [-0.3, -0.25) is 4.79 Å². The Morgan fingerprint density at radius 2 is 1.54 bits per heavy atom. The predicted octanol–water partition coefficient (Wildman–Crippen LogP) is 7.05. The Morgan fingerprint density at radius 1 is 0.923 bits per heavy atom. The van der Waals surface area contributed by atoms with Crippen LogP contribution in [0, 0.1) is 0 Å². The molecular weight excluding hydrogens is 574 g/mol. The van der Waals surface area contributed by atoms with E-state index in [9.17, 15) is 4.79 Å². The molecule has 1 aliphatic heterocycles. The molecule has 0 spiro atoms. The lowest BCUT2D eigenvalue weighted by molar-refractivity contribution is -0.132. The third-order valence-electron chi connectivity index (χ3n) is 7.25. The first kappa shape index (κ1) is 25.6. The summed E-state index contributed by atoms with van der Waals surface area (Å²) in [6, 6.07) is 30.0. The van der Waals surface area contributed by atoms with Crippen LogP contribution in [0.4, 0.5) is 5.82 Å². The first-order valence-corrected chi connectivity index (χ1v) is 14.2. The normalized spacial score (nSPS) is 14.2. The standard InChI is InChI=1S/C31H27BrClN5O/c32-25-20-34-38-28(19-27(36-30(25)38)24-13-7-8-14-26(24)33)35-23-15-17-37(18-16-23)31(39)29(21-9-3-1-4-10-21)22-11-5-2-6-12-22/h1-14,19-20,23,29,35H,15-18H2. The molecule has 6 rings (SSSR count). The summed E-state index contributed by atoms with van der Waals surface area (Å²) in [6.45, 7) is 1.36. The molecule has 3 aromatic carbocycles. The van der Waals surface area contributed by atoms with Crippen LogP contribution >= 0.6 is 27.5 Å². The number of piperidine rings is 1. The molecule has 0 radical (unpaired) electrons. The molecule has 0 bridgehead atoms. The molecule has 1 aliphatic rings. The van der Waals surface area contributed by atoms with Gasteiger partial charge in [-0.05, 0) is 46.0 Å². The van der Waals surface area contributed by atoms with Crippen LogP contribution in [0.15, 0.2) is 102 Å². The van der Waals surface area contributed by atoms with E-state index in [1.165, 1.54) is 0 Å². The predicted molar refractivity (Wildman–Crippen MR) is 159 cm³/mol. The van der Waals surface area contributed by atoms with Gasteiger partial charge in [0.05, 0.1) is 22.3 Å². The van der Waals surface area contributed by atoms with Crippen molar-refractivity contribution in [3.05, 3.63) is 118 Å². The van der Waals surface area contributed by atoms with E-state index >= 15 is 0 Å². The van der Waals surface area contributed by atoms with Gasteiger partial charge in [-0.25, -0.2) is 4.98 Å². The molecule has 196 valence electrons. The Hall–Kier alpha value is -3.68. The van der Waals surface area contributed by atoms with Gasteiger partial charge in [-0.15, -0.1) is 0 Å². The SMILES string of the molecule is O=C(C(c1ccccc1)c1ccccc1)N1CCC(Nc2cc(-c3ccccc3Cl)nc3c(Br)cnn23)CC1. The number of hydrogen-bond donors (Lipinski definition) is 1. The molecule has 2 aromatic heterocycles. The summed E-state index contributed by atoms with van der Waals surface area (Å²) in [5.41, 5.74) is 4.40. The minimum Gasteiger partial charge on any atom is -0.367 e. The molecule has 1 amide bonds. The minimum absolute atomic E-state index is 0.147. The Bertz CT molecular complexity index is 1560. The van der Waals surface area contributed by atoms with Crippen molar-refractivity contribution in [3.8, 4) is 11.3 Å².